The van der Waals surface area contributed by atoms with Gasteiger partial charge in [0.2, 0.25) is 5.91 Å². The second-order valence-corrected chi connectivity index (χ2v) is 5.63. The predicted molar refractivity (Wildman–Crippen MR) is 73.3 cm³/mol. The minimum atomic E-state index is 0.00949. The number of carbonyl (C=O) groups excluding carboxylic acids is 1. The number of amides is 1. The number of aromatic nitrogens is 2. The van der Waals surface area contributed by atoms with Crippen LogP contribution in [0.25, 0.3) is 0 Å². The summed E-state index contributed by atoms with van der Waals surface area (Å²) in [5.41, 5.74) is 1.06. The second kappa shape index (κ2) is 6.69. The van der Waals surface area contributed by atoms with E-state index in [4.69, 9.17) is 0 Å². The zero-order valence-electron chi connectivity index (χ0n) is 10.9. The Morgan fingerprint density at radius 1 is 1.53 bits per heavy atom. The monoisotopic (exact) mass is 255 g/mol. The molecule has 5 heteroatoms. The molecule has 0 fully saturated rings. The van der Waals surface area contributed by atoms with Crippen LogP contribution in [0.4, 0.5) is 5.82 Å². The normalized spacial score (nSPS) is 12.8. The first-order valence-corrected chi connectivity index (χ1v) is 7.26. The molecular formula is C12H21N3OS. The molecule has 0 aliphatic rings. The molecule has 2 N–H and O–H groups in total. The highest BCUT2D eigenvalue weighted by Crippen LogP contribution is 2.12. The summed E-state index contributed by atoms with van der Waals surface area (Å²) in [5.74, 6) is 2.07. The SMILES string of the molecule is CSCC(C)C(=O)Nc1cc(CC(C)C)[nH]n1. The number of hydrogen-bond donors (Lipinski definition) is 2. The van der Waals surface area contributed by atoms with Gasteiger partial charge in [-0.15, -0.1) is 0 Å². The summed E-state index contributed by atoms with van der Waals surface area (Å²) >= 11 is 1.67. The fourth-order valence-electron chi connectivity index (χ4n) is 1.55. The number of thioether (sulfide) groups is 1. The lowest BCUT2D eigenvalue weighted by molar-refractivity contribution is -0.118. The molecule has 1 aromatic heterocycles. The van der Waals surface area contributed by atoms with E-state index in [1.54, 1.807) is 11.8 Å². The number of nitrogens with zero attached hydrogens (tertiary/aromatic N) is 1. The first kappa shape index (κ1) is 14.1. The van der Waals surface area contributed by atoms with Crippen LogP contribution in [0.3, 0.4) is 0 Å². The first-order chi connectivity index (χ1) is 8.02. The van der Waals surface area contributed by atoms with Gasteiger partial charge >= 0.3 is 0 Å². The van der Waals surface area contributed by atoms with Crippen molar-refractivity contribution in [1.82, 2.24) is 10.2 Å². The summed E-state index contributed by atoms with van der Waals surface area (Å²) in [4.78, 5) is 11.8. The van der Waals surface area contributed by atoms with Crippen LogP contribution >= 0.6 is 11.8 Å². The zero-order chi connectivity index (χ0) is 12.8. The average Bonchev–Trinajstić information content (AvgIpc) is 2.64. The van der Waals surface area contributed by atoms with E-state index >= 15 is 0 Å². The van der Waals surface area contributed by atoms with Gasteiger partial charge in [0.05, 0.1) is 0 Å². The Morgan fingerprint density at radius 2 is 2.24 bits per heavy atom. The number of anilines is 1. The standard InChI is InChI=1S/C12H21N3OS/c1-8(2)5-10-6-11(15-14-10)13-12(16)9(3)7-17-4/h6,8-9H,5,7H2,1-4H3,(H2,13,14,15,16). The average molecular weight is 255 g/mol. The number of carbonyl (C=O) groups is 1. The van der Waals surface area contributed by atoms with Crippen molar-refractivity contribution in [2.24, 2.45) is 11.8 Å². The molecule has 0 spiro atoms. The molecule has 1 rings (SSSR count). The molecule has 1 amide bonds. The minimum absolute atomic E-state index is 0.00949. The molecule has 0 aliphatic carbocycles. The van der Waals surface area contributed by atoms with Gasteiger partial charge in [-0.3, -0.25) is 9.89 Å². The molecule has 1 atom stereocenters. The molecule has 0 bridgehead atoms. The van der Waals surface area contributed by atoms with Crippen molar-refractivity contribution in [1.29, 1.82) is 0 Å². The predicted octanol–water partition coefficient (Wildman–Crippen LogP) is 2.55. The van der Waals surface area contributed by atoms with Gasteiger partial charge < -0.3 is 5.32 Å². The smallest absolute Gasteiger partial charge is 0.229 e. The fourth-order valence-corrected chi connectivity index (χ4v) is 2.20. The van der Waals surface area contributed by atoms with Crippen LogP contribution in [0.1, 0.15) is 26.5 Å². The summed E-state index contributed by atoms with van der Waals surface area (Å²) in [6, 6.07) is 1.91. The lowest BCUT2D eigenvalue weighted by Gasteiger charge is -2.08. The Balaban J connectivity index is 2.51. The van der Waals surface area contributed by atoms with Crippen LogP contribution in [-0.2, 0) is 11.2 Å². The number of rotatable bonds is 6. The summed E-state index contributed by atoms with van der Waals surface area (Å²) < 4.78 is 0. The van der Waals surface area contributed by atoms with Gasteiger partial charge in [0, 0.05) is 23.4 Å². The van der Waals surface area contributed by atoms with Crippen molar-refractivity contribution in [2.45, 2.75) is 27.2 Å². The van der Waals surface area contributed by atoms with E-state index in [1.165, 1.54) is 0 Å². The minimum Gasteiger partial charge on any atom is -0.309 e. The molecule has 17 heavy (non-hydrogen) atoms. The highest BCUT2D eigenvalue weighted by atomic mass is 32.2. The van der Waals surface area contributed by atoms with E-state index < -0.39 is 0 Å². The van der Waals surface area contributed by atoms with E-state index in [0.29, 0.717) is 11.7 Å². The van der Waals surface area contributed by atoms with Crippen LogP contribution in [-0.4, -0.2) is 28.1 Å². The second-order valence-electron chi connectivity index (χ2n) is 4.72. The van der Waals surface area contributed by atoms with Crippen molar-refractivity contribution >= 4 is 23.5 Å². The van der Waals surface area contributed by atoms with Crippen molar-refractivity contribution in [3.8, 4) is 0 Å². The van der Waals surface area contributed by atoms with E-state index in [1.807, 2.05) is 19.2 Å². The van der Waals surface area contributed by atoms with Crippen LogP contribution < -0.4 is 5.32 Å². The number of nitrogens with one attached hydrogen (secondary N) is 2. The Hall–Kier alpha value is -0.970. The van der Waals surface area contributed by atoms with E-state index in [0.717, 1.165) is 17.9 Å². The molecule has 1 unspecified atom stereocenters. The maximum absolute atomic E-state index is 11.8. The van der Waals surface area contributed by atoms with Crippen molar-refractivity contribution < 1.29 is 4.79 Å². The molecule has 1 aromatic rings. The molecular weight excluding hydrogens is 234 g/mol. The Labute approximate surface area is 107 Å². The highest BCUT2D eigenvalue weighted by molar-refractivity contribution is 7.98. The summed E-state index contributed by atoms with van der Waals surface area (Å²) in [6.45, 7) is 6.23. The fraction of sp³-hybridized carbons (Fsp3) is 0.667. The molecule has 4 nitrogen and oxygen atoms in total. The summed E-state index contributed by atoms with van der Waals surface area (Å²) in [6.07, 6.45) is 2.95. The van der Waals surface area contributed by atoms with Gasteiger partial charge in [0.1, 0.15) is 0 Å². The lowest BCUT2D eigenvalue weighted by Crippen LogP contribution is -2.22. The quantitative estimate of drug-likeness (QED) is 0.821. The molecule has 0 aromatic carbocycles. The van der Waals surface area contributed by atoms with E-state index in [2.05, 4.69) is 29.4 Å². The van der Waals surface area contributed by atoms with Gasteiger partial charge in [0.15, 0.2) is 5.82 Å². The summed E-state index contributed by atoms with van der Waals surface area (Å²) in [7, 11) is 0. The molecule has 0 aliphatic heterocycles. The van der Waals surface area contributed by atoms with Gasteiger partial charge in [-0.2, -0.15) is 16.9 Å². The van der Waals surface area contributed by atoms with Gasteiger partial charge in [-0.25, -0.2) is 0 Å². The van der Waals surface area contributed by atoms with Gasteiger partial charge in [-0.05, 0) is 18.6 Å². The third-order valence-corrected chi connectivity index (χ3v) is 3.21. The van der Waals surface area contributed by atoms with Crippen molar-refractivity contribution in [3.05, 3.63) is 11.8 Å². The van der Waals surface area contributed by atoms with E-state index in [-0.39, 0.29) is 11.8 Å². The Bertz CT molecular complexity index is 362. The molecule has 0 saturated carbocycles. The maximum Gasteiger partial charge on any atom is 0.229 e. The molecule has 96 valence electrons. The van der Waals surface area contributed by atoms with Crippen LogP contribution in [0.15, 0.2) is 6.07 Å². The number of hydrogen-bond acceptors (Lipinski definition) is 3. The third kappa shape index (κ3) is 4.81. The zero-order valence-corrected chi connectivity index (χ0v) is 11.7. The van der Waals surface area contributed by atoms with Crippen molar-refractivity contribution in [2.75, 3.05) is 17.3 Å². The van der Waals surface area contributed by atoms with Gasteiger partial charge in [-0.1, -0.05) is 20.8 Å². The molecule has 0 radical (unpaired) electrons. The maximum atomic E-state index is 11.8. The van der Waals surface area contributed by atoms with Crippen molar-refractivity contribution in [3.63, 3.8) is 0 Å². The van der Waals surface area contributed by atoms with Crippen LogP contribution in [0.2, 0.25) is 0 Å². The van der Waals surface area contributed by atoms with E-state index in [9.17, 15) is 4.79 Å². The van der Waals surface area contributed by atoms with Crippen LogP contribution in [0, 0.1) is 11.8 Å². The highest BCUT2D eigenvalue weighted by Gasteiger charge is 2.13. The van der Waals surface area contributed by atoms with Gasteiger partial charge in [0.25, 0.3) is 0 Å². The third-order valence-electron chi connectivity index (χ3n) is 2.37. The lowest BCUT2D eigenvalue weighted by atomic mass is 10.1. The van der Waals surface area contributed by atoms with Crippen LogP contribution in [0.5, 0.6) is 0 Å². The largest absolute Gasteiger partial charge is 0.309 e. The number of aromatic amines is 1. The molecule has 0 saturated heterocycles. The summed E-state index contributed by atoms with van der Waals surface area (Å²) in [5, 5.41) is 9.86. The Morgan fingerprint density at radius 3 is 2.82 bits per heavy atom. The first-order valence-electron chi connectivity index (χ1n) is 5.87. The Kier molecular flexibility index (Phi) is 5.55. The number of H-pyrrole nitrogens is 1. The molecule has 1 heterocycles. The topological polar surface area (TPSA) is 57.8 Å².